The first-order valence-electron chi connectivity index (χ1n) is 14.8. The lowest BCUT2D eigenvalue weighted by atomic mass is 9.72. The van der Waals surface area contributed by atoms with Crippen LogP contribution in [0.2, 0.25) is 0 Å². The number of hydroxylamine groups is 3. The van der Waals surface area contributed by atoms with E-state index in [1.54, 1.807) is 11.0 Å². The van der Waals surface area contributed by atoms with Crippen molar-refractivity contribution in [1.82, 2.24) is 9.80 Å². The van der Waals surface area contributed by atoms with E-state index in [1.165, 1.54) is 0 Å². The van der Waals surface area contributed by atoms with E-state index in [-0.39, 0.29) is 52.3 Å². The summed E-state index contributed by atoms with van der Waals surface area (Å²) in [6, 6.07) is 0.173. The first kappa shape index (κ1) is 26.5. The molecule has 4 aliphatic heterocycles. The molecule has 212 valence electrons. The number of ether oxygens (including phenoxy) is 2. The number of hydrogen-bond acceptors (Lipinski definition) is 5. The average Bonchev–Trinajstić information content (AvgIpc) is 3.72. The lowest BCUT2D eigenvalue weighted by Crippen LogP contribution is -2.61. The number of likely N-dealkylation sites (tertiary alicyclic amines) is 2. The number of halogens is 1. The maximum atomic E-state index is 14.3. The molecule has 4 heterocycles. The number of piperidine rings is 1. The van der Waals surface area contributed by atoms with E-state index >= 15 is 0 Å². The predicted molar refractivity (Wildman–Crippen MR) is 138 cm³/mol. The van der Waals surface area contributed by atoms with Gasteiger partial charge in [0.1, 0.15) is 17.8 Å². The standard InChI is InChI=1S/C29H45FN3O5/c1-18-17-33(18,36)23-16-29(37-24-6-5-19(30)15-22(23)24)9-13-31(14-10-29)26(34)25-20-7-11-32(12-8-21(20)25)27(35)38-28(2,3)4/h5-6,18-25,36H,7-17H2,1-4H3/q+1. The van der Waals surface area contributed by atoms with Gasteiger partial charge in [-0.05, 0) is 71.6 Å². The van der Waals surface area contributed by atoms with Gasteiger partial charge in [0, 0.05) is 44.4 Å². The van der Waals surface area contributed by atoms with Crippen LogP contribution in [0.15, 0.2) is 12.2 Å². The van der Waals surface area contributed by atoms with Gasteiger partial charge in [-0.25, -0.2) is 14.4 Å². The number of rotatable bonds is 2. The van der Waals surface area contributed by atoms with Gasteiger partial charge in [-0.3, -0.25) is 4.79 Å². The van der Waals surface area contributed by atoms with Gasteiger partial charge in [-0.2, -0.15) is 4.65 Å². The zero-order valence-electron chi connectivity index (χ0n) is 23.4. The highest BCUT2D eigenvalue weighted by Gasteiger charge is 2.65. The van der Waals surface area contributed by atoms with Crippen molar-refractivity contribution in [2.45, 2.75) is 102 Å². The zero-order chi connectivity index (χ0) is 27.0. The summed E-state index contributed by atoms with van der Waals surface area (Å²) in [6.07, 6.45) is 6.46. The molecule has 8 nitrogen and oxygen atoms in total. The van der Waals surface area contributed by atoms with Crippen molar-refractivity contribution in [2.75, 3.05) is 32.7 Å². The van der Waals surface area contributed by atoms with Gasteiger partial charge in [-0.1, -0.05) is 12.2 Å². The van der Waals surface area contributed by atoms with Crippen LogP contribution in [0.5, 0.6) is 0 Å². The fraction of sp³-hybridized carbons (Fsp3) is 0.862. The van der Waals surface area contributed by atoms with E-state index in [0.717, 1.165) is 38.6 Å². The molecule has 0 aromatic heterocycles. The Kier molecular flexibility index (Phi) is 6.39. The summed E-state index contributed by atoms with van der Waals surface area (Å²) < 4.78 is 26.5. The third-order valence-corrected chi connectivity index (χ3v) is 10.4. The Labute approximate surface area is 225 Å². The van der Waals surface area contributed by atoms with E-state index in [1.807, 2.05) is 31.7 Å². The van der Waals surface area contributed by atoms with Crippen LogP contribution in [-0.2, 0) is 14.3 Å². The van der Waals surface area contributed by atoms with Crippen LogP contribution in [0.1, 0.15) is 66.2 Å². The fourth-order valence-electron chi connectivity index (χ4n) is 8.04. The summed E-state index contributed by atoms with van der Waals surface area (Å²) >= 11 is 0. The molecule has 0 aromatic rings. The van der Waals surface area contributed by atoms with Crippen LogP contribution in [-0.4, -0.2) is 99.9 Å². The van der Waals surface area contributed by atoms with Crippen LogP contribution in [0.4, 0.5) is 9.18 Å². The molecule has 1 spiro atoms. The average molecular weight is 535 g/mol. The number of quaternary nitrogens is 1. The minimum Gasteiger partial charge on any atom is -0.444 e. The maximum absolute atomic E-state index is 14.3. The van der Waals surface area contributed by atoms with Gasteiger partial charge < -0.3 is 19.3 Å². The second-order valence-corrected chi connectivity index (χ2v) is 14.0. The van der Waals surface area contributed by atoms with Crippen LogP contribution < -0.4 is 0 Å². The minimum atomic E-state index is -0.972. The SMILES string of the molecule is CC1C[N+]1(O)C1CC2(CCN(C(=O)C3C4CCN(C(=O)OC(C)(C)C)CCC43)CC2)OC2C=CC(F)CC21. The third-order valence-electron chi connectivity index (χ3n) is 10.4. The summed E-state index contributed by atoms with van der Waals surface area (Å²) in [5, 5.41) is 11.3. The number of nitrogens with zero attached hydrogens (tertiary/aromatic N) is 3. The molecule has 9 heteroatoms. The smallest absolute Gasteiger partial charge is 0.410 e. The largest absolute Gasteiger partial charge is 0.444 e. The summed E-state index contributed by atoms with van der Waals surface area (Å²) in [5.41, 5.74) is -0.871. The summed E-state index contributed by atoms with van der Waals surface area (Å²) in [4.78, 5) is 29.8. The first-order chi connectivity index (χ1) is 17.9. The Morgan fingerprint density at radius 3 is 2.26 bits per heavy atom. The van der Waals surface area contributed by atoms with Crippen molar-refractivity contribution in [3.05, 3.63) is 12.2 Å². The van der Waals surface area contributed by atoms with Crippen molar-refractivity contribution >= 4 is 12.0 Å². The Bertz CT molecular complexity index is 977. The van der Waals surface area contributed by atoms with E-state index < -0.39 is 11.8 Å². The lowest BCUT2D eigenvalue weighted by Gasteiger charge is -2.52. The van der Waals surface area contributed by atoms with Gasteiger partial charge in [0.25, 0.3) is 0 Å². The van der Waals surface area contributed by atoms with Gasteiger partial charge >= 0.3 is 6.09 Å². The maximum Gasteiger partial charge on any atom is 0.410 e. The monoisotopic (exact) mass is 534 g/mol. The van der Waals surface area contributed by atoms with Gasteiger partial charge in [0.2, 0.25) is 5.91 Å². The number of carbonyl (C=O) groups excluding carboxylic acids is 2. The molecular weight excluding hydrogens is 489 g/mol. The summed E-state index contributed by atoms with van der Waals surface area (Å²) in [6.45, 7) is 11.1. The quantitative estimate of drug-likeness (QED) is 0.330. The van der Waals surface area contributed by atoms with Crippen molar-refractivity contribution in [3.8, 4) is 0 Å². The number of allylic oxidation sites excluding steroid dienone is 1. The van der Waals surface area contributed by atoms with Gasteiger partial charge in [0.15, 0.2) is 12.6 Å². The Balaban J connectivity index is 1.05. The highest BCUT2D eigenvalue weighted by molar-refractivity contribution is 5.82. The van der Waals surface area contributed by atoms with E-state index in [4.69, 9.17) is 9.47 Å². The molecule has 4 saturated heterocycles. The molecule has 2 aliphatic carbocycles. The topological polar surface area (TPSA) is 79.3 Å². The Hall–Kier alpha value is -1.71. The Morgan fingerprint density at radius 1 is 1.05 bits per heavy atom. The molecular formula is C29H45FN3O5+. The highest BCUT2D eigenvalue weighted by atomic mass is 19.1. The van der Waals surface area contributed by atoms with Crippen molar-refractivity contribution < 1.29 is 33.3 Å². The fourth-order valence-corrected chi connectivity index (χ4v) is 8.04. The molecule has 8 unspecified atom stereocenters. The molecule has 6 aliphatic rings. The molecule has 0 radical (unpaired) electrons. The number of hydrogen-bond donors (Lipinski definition) is 1. The second-order valence-electron chi connectivity index (χ2n) is 14.0. The molecule has 6 rings (SSSR count). The minimum absolute atomic E-state index is 0.00555. The number of amides is 2. The molecule has 0 bridgehead atoms. The van der Waals surface area contributed by atoms with Gasteiger partial charge in [-0.15, -0.1) is 0 Å². The van der Waals surface area contributed by atoms with Crippen LogP contribution in [0.3, 0.4) is 0 Å². The highest BCUT2D eigenvalue weighted by Crippen LogP contribution is 2.54. The molecule has 1 saturated carbocycles. The molecule has 1 N–H and O–H groups in total. The second kappa shape index (κ2) is 9.16. The molecule has 0 aromatic carbocycles. The third kappa shape index (κ3) is 4.77. The lowest BCUT2D eigenvalue weighted by molar-refractivity contribution is -1.03. The first-order valence-corrected chi connectivity index (χ1v) is 14.8. The van der Waals surface area contributed by atoms with E-state index in [2.05, 4.69) is 6.92 Å². The van der Waals surface area contributed by atoms with Crippen molar-refractivity contribution in [1.29, 1.82) is 0 Å². The molecule has 2 amide bonds. The van der Waals surface area contributed by atoms with Gasteiger partial charge in [0.05, 0.1) is 11.7 Å². The van der Waals surface area contributed by atoms with Crippen molar-refractivity contribution in [3.63, 3.8) is 0 Å². The number of fused-ring (bicyclic) bond motifs is 2. The van der Waals surface area contributed by atoms with E-state index in [0.29, 0.717) is 44.4 Å². The molecule has 8 atom stereocenters. The summed E-state index contributed by atoms with van der Waals surface area (Å²) in [7, 11) is 0. The van der Waals surface area contributed by atoms with Crippen LogP contribution in [0.25, 0.3) is 0 Å². The predicted octanol–water partition coefficient (Wildman–Crippen LogP) is 3.92. The molecule has 5 fully saturated rings. The van der Waals surface area contributed by atoms with Crippen LogP contribution >= 0.6 is 0 Å². The molecule has 38 heavy (non-hydrogen) atoms. The van der Waals surface area contributed by atoms with E-state index in [9.17, 15) is 19.2 Å². The number of carbonyl (C=O) groups is 2. The number of alkyl halides is 1. The van der Waals surface area contributed by atoms with Crippen molar-refractivity contribution in [2.24, 2.45) is 23.7 Å². The van der Waals surface area contributed by atoms with Crippen LogP contribution in [0, 0.1) is 23.7 Å². The zero-order valence-corrected chi connectivity index (χ0v) is 23.4. The normalized spacial score (nSPS) is 43.6. The Morgan fingerprint density at radius 2 is 1.68 bits per heavy atom. The summed E-state index contributed by atoms with van der Waals surface area (Å²) in [5.74, 6) is 1.03.